The second-order valence-corrected chi connectivity index (χ2v) is 5.90. The van der Waals surface area contributed by atoms with E-state index in [1.165, 1.54) is 12.8 Å². The molecule has 1 aliphatic rings. The van der Waals surface area contributed by atoms with Crippen molar-refractivity contribution >= 4 is 38.5 Å². The Hall–Kier alpha value is 0.0900. The van der Waals surface area contributed by atoms with E-state index in [1.807, 2.05) is 29.5 Å². The van der Waals surface area contributed by atoms with Gasteiger partial charge in [-0.2, -0.15) is 0 Å². The maximum absolute atomic E-state index is 11.9. The molecule has 0 bridgehead atoms. The molecule has 1 saturated carbocycles. The van der Waals surface area contributed by atoms with Crippen LogP contribution in [0.1, 0.15) is 18.7 Å². The number of rotatable bonds is 3. The van der Waals surface area contributed by atoms with E-state index in [2.05, 4.69) is 20.9 Å². The monoisotopic (exact) mass is 382 g/mol. The lowest BCUT2D eigenvalue weighted by molar-refractivity contribution is 0.451. The van der Waals surface area contributed by atoms with Crippen LogP contribution in [0.5, 0.6) is 0 Å². The van der Waals surface area contributed by atoms with Crippen LogP contribution in [0, 0.1) is 15.9 Å². The van der Waals surface area contributed by atoms with Gasteiger partial charge in [0.2, 0.25) is 0 Å². The van der Waals surface area contributed by atoms with Crippen LogP contribution in [0.3, 0.4) is 0 Å². The fourth-order valence-corrected chi connectivity index (χ4v) is 2.75. The van der Waals surface area contributed by atoms with Gasteiger partial charge in [-0.05, 0) is 47.8 Å². The third kappa shape index (κ3) is 2.27. The molecular formula is C10H12BrIN2O. The summed E-state index contributed by atoms with van der Waals surface area (Å²) in [5.74, 6) is 0.813. The Balaban J connectivity index is 2.36. The molecule has 1 aromatic heterocycles. The zero-order valence-corrected chi connectivity index (χ0v) is 12.2. The summed E-state index contributed by atoms with van der Waals surface area (Å²) < 4.78 is 2.50. The van der Waals surface area contributed by atoms with Crippen molar-refractivity contribution in [2.45, 2.75) is 26.3 Å². The van der Waals surface area contributed by atoms with Crippen LogP contribution in [-0.4, -0.2) is 14.9 Å². The van der Waals surface area contributed by atoms with Crippen molar-refractivity contribution in [2.75, 3.05) is 5.33 Å². The van der Waals surface area contributed by atoms with Gasteiger partial charge in [-0.3, -0.25) is 9.36 Å². The molecular weight excluding hydrogens is 371 g/mol. The maximum Gasteiger partial charge on any atom is 0.266 e. The molecule has 15 heavy (non-hydrogen) atoms. The average molecular weight is 383 g/mol. The number of halogens is 2. The van der Waals surface area contributed by atoms with Crippen LogP contribution >= 0.6 is 38.5 Å². The molecule has 0 spiro atoms. The minimum absolute atomic E-state index is 0.0929. The van der Waals surface area contributed by atoms with Crippen molar-refractivity contribution in [1.82, 2.24) is 9.55 Å². The van der Waals surface area contributed by atoms with Crippen LogP contribution in [0.4, 0.5) is 0 Å². The van der Waals surface area contributed by atoms with Crippen molar-refractivity contribution < 1.29 is 0 Å². The van der Waals surface area contributed by atoms with Gasteiger partial charge in [0.25, 0.3) is 5.56 Å². The molecule has 1 fully saturated rings. The summed E-state index contributed by atoms with van der Waals surface area (Å²) in [6.07, 6.45) is 4.05. The van der Waals surface area contributed by atoms with Gasteiger partial charge in [0, 0.05) is 18.1 Å². The van der Waals surface area contributed by atoms with Gasteiger partial charge in [-0.1, -0.05) is 15.9 Å². The molecule has 2 rings (SSSR count). The topological polar surface area (TPSA) is 34.9 Å². The summed E-state index contributed by atoms with van der Waals surface area (Å²) in [6.45, 7) is 2.69. The number of hydrogen-bond donors (Lipinski definition) is 0. The Morgan fingerprint density at radius 1 is 1.67 bits per heavy atom. The van der Waals surface area contributed by atoms with Crippen molar-refractivity contribution in [3.63, 3.8) is 0 Å². The van der Waals surface area contributed by atoms with Gasteiger partial charge in [0.15, 0.2) is 0 Å². The smallest absolute Gasteiger partial charge is 0.266 e. The predicted molar refractivity (Wildman–Crippen MR) is 71.4 cm³/mol. The summed E-state index contributed by atoms with van der Waals surface area (Å²) >= 11 is 5.56. The third-order valence-corrected chi connectivity index (χ3v) is 4.87. The SMILES string of the molecule is Cc1ncc(I)c(=O)n1CC1(CBr)CC1. The van der Waals surface area contributed by atoms with Gasteiger partial charge >= 0.3 is 0 Å². The number of hydrogen-bond acceptors (Lipinski definition) is 2. The molecule has 0 saturated heterocycles. The van der Waals surface area contributed by atoms with Gasteiger partial charge in [-0.25, -0.2) is 4.98 Å². The van der Waals surface area contributed by atoms with E-state index in [0.717, 1.165) is 17.7 Å². The maximum atomic E-state index is 11.9. The number of nitrogens with zero attached hydrogens (tertiary/aromatic N) is 2. The van der Waals surface area contributed by atoms with Gasteiger partial charge < -0.3 is 0 Å². The van der Waals surface area contributed by atoms with E-state index >= 15 is 0 Å². The fraction of sp³-hybridized carbons (Fsp3) is 0.600. The van der Waals surface area contributed by atoms with Gasteiger partial charge in [-0.15, -0.1) is 0 Å². The molecule has 82 valence electrons. The van der Waals surface area contributed by atoms with Crippen molar-refractivity contribution in [1.29, 1.82) is 0 Å². The minimum atomic E-state index is 0.0929. The Kier molecular flexibility index (Phi) is 3.21. The molecule has 1 aliphatic carbocycles. The first-order chi connectivity index (χ1) is 7.08. The van der Waals surface area contributed by atoms with Crippen LogP contribution in [0.15, 0.2) is 11.0 Å². The molecule has 1 heterocycles. The summed E-state index contributed by atoms with van der Waals surface area (Å²) in [7, 11) is 0. The van der Waals surface area contributed by atoms with Crippen molar-refractivity contribution in [2.24, 2.45) is 5.41 Å². The molecule has 0 radical (unpaired) electrons. The van der Waals surface area contributed by atoms with Crippen LogP contribution < -0.4 is 5.56 Å². The number of aryl methyl sites for hydroxylation is 1. The Morgan fingerprint density at radius 3 is 2.87 bits per heavy atom. The quantitative estimate of drug-likeness (QED) is 0.594. The lowest BCUT2D eigenvalue weighted by atomic mass is 10.1. The first-order valence-corrected chi connectivity index (χ1v) is 7.06. The fourth-order valence-electron chi connectivity index (χ4n) is 1.58. The average Bonchev–Trinajstić information content (AvgIpc) is 3.00. The van der Waals surface area contributed by atoms with Crippen LogP contribution in [0.2, 0.25) is 0 Å². The summed E-state index contributed by atoms with van der Waals surface area (Å²) in [5, 5.41) is 0.970. The van der Waals surface area contributed by atoms with E-state index < -0.39 is 0 Å². The van der Waals surface area contributed by atoms with E-state index in [4.69, 9.17) is 0 Å². The Labute approximate surface area is 111 Å². The zero-order chi connectivity index (χ0) is 11.1. The number of aromatic nitrogens is 2. The van der Waals surface area contributed by atoms with Crippen molar-refractivity contribution in [3.8, 4) is 0 Å². The largest absolute Gasteiger partial charge is 0.295 e. The molecule has 0 amide bonds. The number of alkyl halides is 1. The first kappa shape index (κ1) is 11.6. The zero-order valence-electron chi connectivity index (χ0n) is 8.46. The van der Waals surface area contributed by atoms with E-state index in [-0.39, 0.29) is 5.56 Å². The second kappa shape index (κ2) is 4.16. The van der Waals surface area contributed by atoms with E-state index in [0.29, 0.717) is 8.99 Å². The van der Waals surface area contributed by atoms with Crippen molar-refractivity contribution in [3.05, 3.63) is 25.9 Å². The molecule has 0 N–H and O–H groups in total. The first-order valence-electron chi connectivity index (χ1n) is 4.86. The highest BCUT2D eigenvalue weighted by atomic mass is 127. The molecule has 0 aromatic carbocycles. The molecule has 3 nitrogen and oxygen atoms in total. The Morgan fingerprint density at radius 2 is 2.33 bits per heavy atom. The van der Waals surface area contributed by atoms with Crippen LogP contribution in [-0.2, 0) is 6.54 Å². The van der Waals surface area contributed by atoms with Crippen LogP contribution in [0.25, 0.3) is 0 Å². The molecule has 0 aliphatic heterocycles. The minimum Gasteiger partial charge on any atom is -0.295 e. The summed E-state index contributed by atoms with van der Waals surface area (Å²) in [6, 6.07) is 0. The predicted octanol–water partition coefficient (Wildman–Crippen LogP) is 2.33. The van der Waals surface area contributed by atoms with Gasteiger partial charge in [0.1, 0.15) is 5.82 Å². The van der Waals surface area contributed by atoms with Gasteiger partial charge in [0.05, 0.1) is 3.57 Å². The normalized spacial score (nSPS) is 17.8. The standard InChI is InChI=1S/C10H12BrIN2O/c1-7-13-4-8(12)9(15)14(7)6-10(5-11)2-3-10/h4H,2-3,5-6H2,1H3. The van der Waals surface area contributed by atoms with E-state index in [1.54, 1.807) is 10.8 Å². The van der Waals surface area contributed by atoms with E-state index in [9.17, 15) is 4.79 Å². The molecule has 0 atom stereocenters. The third-order valence-electron chi connectivity index (χ3n) is 2.94. The summed E-state index contributed by atoms with van der Waals surface area (Å²) in [4.78, 5) is 16.1. The lowest BCUT2D eigenvalue weighted by Crippen LogP contribution is -2.29. The summed E-state index contributed by atoms with van der Waals surface area (Å²) in [5.41, 5.74) is 0.399. The second-order valence-electron chi connectivity index (χ2n) is 4.18. The highest BCUT2D eigenvalue weighted by molar-refractivity contribution is 14.1. The molecule has 1 aromatic rings. The highest BCUT2D eigenvalue weighted by Crippen LogP contribution is 2.48. The Bertz CT molecular complexity index is 440. The highest BCUT2D eigenvalue weighted by Gasteiger charge is 2.42. The lowest BCUT2D eigenvalue weighted by Gasteiger charge is -2.15. The molecule has 5 heteroatoms. The molecule has 0 unspecified atom stereocenters.